The molecule has 35 heavy (non-hydrogen) atoms. The molecule has 0 aliphatic heterocycles. The van der Waals surface area contributed by atoms with E-state index >= 15 is 0 Å². The molecule has 0 radical (unpaired) electrons. The van der Waals surface area contributed by atoms with Crippen molar-refractivity contribution in [2.24, 2.45) is 5.73 Å². The lowest BCUT2D eigenvalue weighted by Gasteiger charge is -2.15. The number of aryl methyl sites for hydroxylation is 1. The molecule has 6 N–H and O–H groups in total. The quantitative estimate of drug-likeness (QED) is 0.286. The molecule has 12 heteroatoms. The van der Waals surface area contributed by atoms with E-state index in [1.54, 1.807) is 25.1 Å². The number of rotatable bonds is 8. The Labute approximate surface area is 204 Å². The highest BCUT2D eigenvalue weighted by molar-refractivity contribution is 6.34. The number of anilines is 2. The number of carbonyl (C=O) groups is 1. The number of urea groups is 1. The van der Waals surface area contributed by atoms with Crippen molar-refractivity contribution in [1.82, 2.24) is 15.3 Å². The Kier molecular flexibility index (Phi) is 8.49. The van der Waals surface area contributed by atoms with E-state index in [1.807, 2.05) is 0 Å². The van der Waals surface area contributed by atoms with Crippen molar-refractivity contribution in [2.45, 2.75) is 26.1 Å². The van der Waals surface area contributed by atoms with Gasteiger partial charge in [-0.25, -0.2) is 4.79 Å². The Morgan fingerprint density at radius 1 is 1.20 bits per heavy atom. The average Bonchev–Trinajstić information content (AvgIpc) is 2.79. The lowest BCUT2D eigenvalue weighted by atomic mass is 10.00. The fourth-order valence-corrected chi connectivity index (χ4v) is 3.46. The van der Waals surface area contributed by atoms with Gasteiger partial charge in [-0.1, -0.05) is 35.9 Å². The summed E-state index contributed by atoms with van der Waals surface area (Å²) < 4.78 is 40.9. The molecule has 1 aromatic heterocycles. The first-order valence-corrected chi connectivity index (χ1v) is 11.0. The van der Waals surface area contributed by atoms with Crippen LogP contribution in [0, 0.1) is 6.92 Å². The monoisotopic (exact) mass is 508 g/mol. The maximum Gasteiger partial charge on any atom is 0.416 e. The van der Waals surface area contributed by atoms with Gasteiger partial charge < -0.3 is 21.4 Å². The van der Waals surface area contributed by atoms with Crippen molar-refractivity contribution in [3.05, 3.63) is 74.7 Å². The van der Waals surface area contributed by atoms with Crippen LogP contribution in [-0.4, -0.2) is 29.1 Å². The van der Waals surface area contributed by atoms with Crippen molar-refractivity contribution in [1.29, 1.82) is 0 Å². The molecule has 186 valence electrons. The van der Waals surface area contributed by atoms with Crippen LogP contribution in [0.4, 0.5) is 29.6 Å². The fourth-order valence-electron chi connectivity index (χ4n) is 3.28. The van der Waals surface area contributed by atoms with Gasteiger partial charge in [-0.05, 0) is 55.3 Å². The van der Waals surface area contributed by atoms with E-state index in [9.17, 15) is 22.8 Å². The number of hydrogen-bond acceptors (Lipinski definition) is 5. The van der Waals surface area contributed by atoms with Gasteiger partial charge in [-0.2, -0.15) is 18.2 Å². The van der Waals surface area contributed by atoms with Gasteiger partial charge in [0.2, 0.25) is 5.95 Å². The maximum atomic E-state index is 13.6. The molecule has 3 rings (SSSR count). The third-order valence-electron chi connectivity index (χ3n) is 5.07. The molecule has 3 aromatic rings. The summed E-state index contributed by atoms with van der Waals surface area (Å²) in [6, 6.07) is 8.02. The van der Waals surface area contributed by atoms with E-state index in [4.69, 9.17) is 17.3 Å². The van der Waals surface area contributed by atoms with Gasteiger partial charge in [0.15, 0.2) is 0 Å². The zero-order chi connectivity index (χ0) is 25.6. The second-order valence-corrected chi connectivity index (χ2v) is 8.05. The first kappa shape index (κ1) is 26.2. The van der Waals surface area contributed by atoms with E-state index in [1.165, 1.54) is 18.3 Å². The summed E-state index contributed by atoms with van der Waals surface area (Å²) in [6.45, 7) is 2.70. The van der Waals surface area contributed by atoms with Crippen molar-refractivity contribution in [3.63, 3.8) is 0 Å². The van der Waals surface area contributed by atoms with Gasteiger partial charge in [0.1, 0.15) is 0 Å². The van der Waals surface area contributed by atoms with Gasteiger partial charge in [0.05, 0.1) is 21.8 Å². The number of hydrogen-bond donors (Lipinski definition) is 5. The topological polar surface area (TPSA) is 125 Å². The van der Waals surface area contributed by atoms with Crippen LogP contribution in [-0.2, 0) is 12.7 Å². The van der Waals surface area contributed by atoms with Crippen LogP contribution in [0.5, 0.6) is 0 Å². The SMILES string of the molecule is Cc1cccc(NC(=O)Nc2nc(=O)c(-c3ccc(CNCCCN)c(C(F)(F)F)c3)c[nH]2)c1Cl. The minimum atomic E-state index is -4.61. The van der Waals surface area contributed by atoms with Crippen LogP contribution in [0.15, 0.2) is 47.4 Å². The molecule has 0 saturated heterocycles. The van der Waals surface area contributed by atoms with Crippen molar-refractivity contribution >= 4 is 29.3 Å². The number of H-pyrrole nitrogens is 1. The first-order valence-electron chi connectivity index (χ1n) is 10.6. The number of alkyl halides is 3. The molecule has 8 nitrogen and oxygen atoms in total. The molecule has 0 fully saturated rings. The van der Waals surface area contributed by atoms with Gasteiger partial charge >= 0.3 is 12.2 Å². The van der Waals surface area contributed by atoms with Crippen LogP contribution >= 0.6 is 11.6 Å². The lowest BCUT2D eigenvalue weighted by Crippen LogP contribution is -2.23. The Morgan fingerprint density at radius 2 is 1.97 bits per heavy atom. The summed E-state index contributed by atoms with van der Waals surface area (Å²) >= 11 is 6.15. The molecule has 0 bridgehead atoms. The van der Waals surface area contributed by atoms with Crippen LogP contribution in [0.1, 0.15) is 23.1 Å². The van der Waals surface area contributed by atoms with Gasteiger partial charge in [-0.15, -0.1) is 0 Å². The summed E-state index contributed by atoms with van der Waals surface area (Å²) in [6.07, 6.45) is -2.78. The Morgan fingerprint density at radius 3 is 2.66 bits per heavy atom. The van der Waals surface area contributed by atoms with Crippen LogP contribution < -0.4 is 27.2 Å². The van der Waals surface area contributed by atoms with Crippen molar-refractivity contribution in [2.75, 3.05) is 23.7 Å². The second-order valence-electron chi connectivity index (χ2n) is 7.67. The Bertz CT molecular complexity index is 1260. The number of benzene rings is 2. The van der Waals surface area contributed by atoms with Gasteiger partial charge in [0.25, 0.3) is 5.56 Å². The molecule has 0 saturated carbocycles. The van der Waals surface area contributed by atoms with Crippen LogP contribution in [0.2, 0.25) is 5.02 Å². The number of halogens is 4. The Balaban J connectivity index is 1.79. The molecule has 2 aromatic carbocycles. The molecular weight excluding hydrogens is 485 g/mol. The molecule has 1 heterocycles. The summed E-state index contributed by atoms with van der Waals surface area (Å²) in [5, 5.41) is 8.18. The minimum Gasteiger partial charge on any atom is -0.331 e. The number of carbonyl (C=O) groups excluding carboxylic acids is 1. The standard InChI is InChI=1S/C23H24ClF3N6O2/c1-13-4-2-5-18(19(13)24)31-22(35)33-21-30-12-16(20(34)32-21)14-6-7-15(11-29-9-3-8-28)17(10-14)23(25,26)27/h2,4-7,10,12,29H,3,8-9,11,28H2,1H3,(H3,30,31,32,33,34,35). The zero-order valence-electron chi connectivity index (χ0n) is 18.7. The highest BCUT2D eigenvalue weighted by Gasteiger charge is 2.33. The number of nitrogens with zero attached hydrogens (tertiary/aromatic N) is 1. The number of amides is 2. The van der Waals surface area contributed by atoms with Crippen LogP contribution in [0.3, 0.4) is 0 Å². The summed E-state index contributed by atoms with van der Waals surface area (Å²) in [4.78, 5) is 31.1. The van der Waals surface area contributed by atoms with Crippen molar-refractivity contribution < 1.29 is 18.0 Å². The molecule has 2 amide bonds. The van der Waals surface area contributed by atoms with Crippen LogP contribution in [0.25, 0.3) is 11.1 Å². The molecule has 0 spiro atoms. The minimum absolute atomic E-state index is 0.00660. The summed E-state index contributed by atoms with van der Waals surface area (Å²) in [5.41, 5.74) is 4.87. The van der Waals surface area contributed by atoms with Crippen molar-refractivity contribution in [3.8, 4) is 11.1 Å². The molecular formula is C23H24ClF3N6O2. The number of aromatic nitrogens is 2. The number of nitrogens with two attached hydrogens (primary N) is 1. The zero-order valence-corrected chi connectivity index (χ0v) is 19.5. The predicted molar refractivity (Wildman–Crippen MR) is 130 cm³/mol. The lowest BCUT2D eigenvalue weighted by molar-refractivity contribution is -0.138. The van der Waals surface area contributed by atoms with E-state index in [-0.39, 0.29) is 29.2 Å². The van der Waals surface area contributed by atoms with Gasteiger partial charge in [0, 0.05) is 12.7 Å². The van der Waals surface area contributed by atoms with E-state index in [0.717, 1.165) is 11.6 Å². The van der Waals surface area contributed by atoms with E-state index in [2.05, 4.69) is 25.9 Å². The normalized spacial score (nSPS) is 11.4. The third kappa shape index (κ3) is 6.81. The average molecular weight is 509 g/mol. The molecule has 0 atom stereocenters. The van der Waals surface area contributed by atoms with Gasteiger partial charge in [-0.3, -0.25) is 10.1 Å². The fraction of sp³-hybridized carbons (Fsp3) is 0.261. The first-order chi connectivity index (χ1) is 16.6. The molecule has 0 aliphatic rings. The molecule has 0 unspecified atom stereocenters. The third-order valence-corrected chi connectivity index (χ3v) is 5.57. The highest BCUT2D eigenvalue weighted by atomic mass is 35.5. The van der Waals surface area contributed by atoms with E-state index in [0.29, 0.717) is 30.2 Å². The Hall–Kier alpha value is -3.41. The number of aromatic amines is 1. The van der Waals surface area contributed by atoms with E-state index < -0.39 is 23.3 Å². The largest absolute Gasteiger partial charge is 0.416 e. The predicted octanol–water partition coefficient (Wildman–Crippen LogP) is 4.50. The highest BCUT2D eigenvalue weighted by Crippen LogP contribution is 2.34. The summed E-state index contributed by atoms with van der Waals surface area (Å²) in [5.74, 6) is -0.184. The number of nitrogens with one attached hydrogen (secondary N) is 4. The molecule has 0 aliphatic carbocycles. The maximum absolute atomic E-state index is 13.6. The summed E-state index contributed by atoms with van der Waals surface area (Å²) in [7, 11) is 0. The second kappa shape index (κ2) is 11.3. The smallest absolute Gasteiger partial charge is 0.331 e.